The molecule has 0 saturated carbocycles. The number of benzene rings is 1. The highest BCUT2D eigenvalue weighted by Gasteiger charge is 2.26. The van der Waals surface area contributed by atoms with Crippen LogP contribution in [0.2, 0.25) is 0 Å². The predicted molar refractivity (Wildman–Crippen MR) is 106 cm³/mol. The molecule has 150 valence electrons. The molecule has 0 aliphatic rings. The van der Waals surface area contributed by atoms with Crippen LogP contribution in [0.15, 0.2) is 23.1 Å². The van der Waals surface area contributed by atoms with Gasteiger partial charge in [-0.3, -0.25) is 4.79 Å². The minimum Gasteiger partial charge on any atom is -0.495 e. The molecule has 9 heteroatoms. The highest BCUT2D eigenvalue weighted by Crippen LogP contribution is 2.27. The Morgan fingerprint density at radius 2 is 1.77 bits per heavy atom. The number of carbonyl (C=O) groups is 1. The fraction of sp³-hybridized carbons (Fsp3) is 0.588. The van der Waals surface area contributed by atoms with Crippen molar-refractivity contribution in [2.45, 2.75) is 32.1 Å². The SMILES string of the molecule is CCCNCCNC(=O)c1ccc(OC)c(S(=O)(=O)N(CC)CC)c1.Cl. The van der Waals surface area contributed by atoms with Gasteiger partial charge in [-0.05, 0) is 31.2 Å². The Morgan fingerprint density at radius 1 is 1.12 bits per heavy atom. The number of nitrogens with one attached hydrogen (secondary N) is 2. The third-order valence-electron chi connectivity index (χ3n) is 3.76. The topological polar surface area (TPSA) is 87.7 Å². The van der Waals surface area contributed by atoms with Crippen LogP contribution in [-0.4, -0.2) is 58.5 Å². The predicted octanol–water partition coefficient (Wildman–Crippen LogP) is 1.88. The zero-order chi connectivity index (χ0) is 18.9. The number of rotatable bonds is 11. The van der Waals surface area contributed by atoms with Gasteiger partial charge in [0.15, 0.2) is 0 Å². The molecule has 1 aromatic rings. The summed E-state index contributed by atoms with van der Waals surface area (Å²) >= 11 is 0. The number of halogens is 1. The summed E-state index contributed by atoms with van der Waals surface area (Å²) in [7, 11) is -2.30. The lowest BCUT2D eigenvalue weighted by atomic mass is 10.2. The molecule has 2 N–H and O–H groups in total. The van der Waals surface area contributed by atoms with Gasteiger partial charge in [0.2, 0.25) is 10.0 Å². The molecule has 1 aromatic carbocycles. The molecule has 0 saturated heterocycles. The molecule has 0 bridgehead atoms. The minimum atomic E-state index is -3.72. The van der Waals surface area contributed by atoms with Crippen LogP contribution in [0.3, 0.4) is 0 Å². The molecule has 0 atom stereocenters. The average molecular weight is 408 g/mol. The Balaban J connectivity index is 0.00000625. The molecule has 0 radical (unpaired) electrons. The quantitative estimate of drug-likeness (QED) is 0.547. The summed E-state index contributed by atoms with van der Waals surface area (Å²) in [5.41, 5.74) is 0.294. The summed E-state index contributed by atoms with van der Waals surface area (Å²) in [6.07, 6.45) is 1.03. The van der Waals surface area contributed by atoms with Gasteiger partial charge in [-0.25, -0.2) is 8.42 Å². The fourth-order valence-corrected chi connectivity index (χ4v) is 4.03. The number of sulfonamides is 1. The van der Waals surface area contributed by atoms with Crippen LogP contribution >= 0.6 is 12.4 Å². The normalized spacial score (nSPS) is 11.1. The van der Waals surface area contributed by atoms with Crippen molar-refractivity contribution in [3.63, 3.8) is 0 Å². The van der Waals surface area contributed by atoms with E-state index < -0.39 is 10.0 Å². The molecule has 0 unspecified atom stereocenters. The fourth-order valence-electron chi connectivity index (χ4n) is 2.39. The van der Waals surface area contributed by atoms with Crippen molar-refractivity contribution in [3.05, 3.63) is 23.8 Å². The Morgan fingerprint density at radius 3 is 2.31 bits per heavy atom. The molecule has 1 amide bonds. The molecule has 0 heterocycles. The van der Waals surface area contributed by atoms with Gasteiger partial charge in [-0.2, -0.15) is 4.31 Å². The monoisotopic (exact) mass is 407 g/mol. The molecule has 0 spiro atoms. The number of ether oxygens (including phenoxy) is 1. The van der Waals surface area contributed by atoms with Crippen LogP contribution in [0.25, 0.3) is 0 Å². The van der Waals surface area contributed by atoms with Crippen molar-refractivity contribution in [2.24, 2.45) is 0 Å². The largest absolute Gasteiger partial charge is 0.495 e. The lowest BCUT2D eigenvalue weighted by molar-refractivity contribution is 0.0953. The van der Waals surface area contributed by atoms with E-state index in [0.717, 1.165) is 13.0 Å². The first kappa shape index (κ1) is 24.7. The Hall–Kier alpha value is -1.35. The first-order valence-corrected chi connectivity index (χ1v) is 10.0. The van der Waals surface area contributed by atoms with E-state index in [4.69, 9.17) is 4.74 Å². The minimum absolute atomic E-state index is 0. The number of carbonyl (C=O) groups excluding carboxylic acids is 1. The van der Waals surface area contributed by atoms with Crippen LogP contribution in [0.4, 0.5) is 0 Å². The number of amides is 1. The molecule has 26 heavy (non-hydrogen) atoms. The summed E-state index contributed by atoms with van der Waals surface area (Å²) in [5, 5.41) is 5.97. The highest BCUT2D eigenvalue weighted by molar-refractivity contribution is 7.89. The number of methoxy groups -OCH3 is 1. The van der Waals surface area contributed by atoms with Crippen molar-refractivity contribution in [2.75, 3.05) is 39.8 Å². The molecule has 1 rings (SSSR count). The maximum atomic E-state index is 12.8. The van der Waals surface area contributed by atoms with Crippen LogP contribution in [0, 0.1) is 0 Å². The Labute approximate surface area is 162 Å². The maximum absolute atomic E-state index is 12.8. The zero-order valence-electron chi connectivity index (χ0n) is 15.9. The third-order valence-corrected chi connectivity index (χ3v) is 5.83. The van der Waals surface area contributed by atoms with Crippen molar-refractivity contribution >= 4 is 28.3 Å². The number of hydrogen-bond donors (Lipinski definition) is 2. The number of nitrogens with zero attached hydrogens (tertiary/aromatic N) is 1. The average Bonchev–Trinajstić information content (AvgIpc) is 2.61. The molecule has 0 aromatic heterocycles. The molecular formula is C17H30ClN3O4S. The van der Waals surface area contributed by atoms with E-state index in [2.05, 4.69) is 17.6 Å². The van der Waals surface area contributed by atoms with Crippen molar-refractivity contribution in [1.82, 2.24) is 14.9 Å². The standard InChI is InChI=1S/C17H29N3O4S.ClH/c1-5-10-18-11-12-19-17(21)14-8-9-15(24-4)16(13-14)25(22,23)20(6-2)7-3;/h8-9,13,18H,5-7,10-12H2,1-4H3,(H,19,21);1H. The van der Waals surface area contributed by atoms with Crippen molar-refractivity contribution in [3.8, 4) is 5.75 Å². The van der Waals surface area contributed by atoms with Gasteiger partial charge in [-0.1, -0.05) is 20.8 Å². The van der Waals surface area contributed by atoms with Gasteiger partial charge in [-0.15, -0.1) is 12.4 Å². The third kappa shape index (κ3) is 6.42. The summed E-state index contributed by atoms with van der Waals surface area (Å²) in [6.45, 7) is 8.35. The lowest BCUT2D eigenvalue weighted by Gasteiger charge is -2.20. The van der Waals surface area contributed by atoms with Crippen LogP contribution < -0.4 is 15.4 Å². The smallest absolute Gasteiger partial charge is 0.251 e. The second kappa shape index (κ2) is 12.1. The molecular weight excluding hydrogens is 378 g/mol. The summed E-state index contributed by atoms with van der Waals surface area (Å²) in [6, 6.07) is 4.46. The maximum Gasteiger partial charge on any atom is 0.251 e. The first-order chi connectivity index (χ1) is 11.9. The van der Waals surface area contributed by atoms with Gasteiger partial charge >= 0.3 is 0 Å². The van der Waals surface area contributed by atoms with E-state index in [9.17, 15) is 13.2 Å². The lowest BCUT2D eigenvalue weighted by Crippen LogP contribution is -2.33. The number of hydrogen-bond acceptors (Lipinski definition) is 5. The Kier molecular flexibility index (Phi) is 11.5. The van der Waals surface area contributed by atoms with Gasteiger partial charge in [0.1, 0.15) is 10.6 Å². The molecule has 0 aliphatic carbocycles. The van der Waals surface area contributed by atoms with Crippen molar-refractivity contribution < 1.29 is 17.9 Å². The second-order valence-corrected chi connectivity index (χ2v) is 7.37. The van der Waals surface area contributed by atoms with Gasteiger partial charge in [0.25, 0.3) is 5.91 Å². The van der Waals surface area contributed by atoms with Crippen molar-refractivity contribution in [1.29, 1.82) is 0 Å². The van der Waals surface area contributed by atoms with Gasteiger partial charge in [0, 0.05) is 31.7 Å². The highest BCUT2D eigenvalue weighted by atomic mass is 35.5. The first-order valence-electron chi connectivity index (χ1n) is 8.59. The summed E-state index contributed by atoms with van der Waals surface area (Å²) < 4.78 is 32.1. The Bertz CT molecular complexity index is 664. The van der Waals surface area contributed by atoms with E-state index >= 15 is 0 Å². The second-order valence-electron chi connectivity index (χ2n) is 5.46. The van der Waals surface area contributed by atoms with Crippen LogP contribution in [-0.2, 0) is 10.0 Å². The van der Waals surface area contributed by atoms with E-state index in [1.165, 1.54) is 23.5 Å². The van der Waals surface area contributed by atoms with E-state index in [-0.39, 0.29) is 29.0 Å². The van der Waals surface area contributed by atoms with Gasteiger partial charge < -0.3 is 15.4 Å². The summed E-state index contributed by atoms with van der Waals surface area (Å²) in [4.78, 5) is 12.3. The summed E-state index contributed by atoms with van der Waals surface area (Å²) in [5.74, 6) is -0.0787. The molecule has 7 nitrogen and oxygen atoms in total. The zero-order valence-corrected chi connectivity index (χ0v) is 17.5. The van der Waals surface area contributed by atoms with Crippen LogP contribution in [0.1, 0.15) is 37.6 Å². The van der Waals surface area contributed by atoms with Crippen LogP contribution in [0.5, 0.6) is 5.75 Å². The van der Waals surface area contributed by atoms with E-state index in [0.29, 0.717) is 31.7 Å². The van der Waals surface area contributed by atoms with E-state index in [1.807, 2.05) is 0 Å². The van der Waals surface area contributed by atoms with Gasteiger partial charge in [0.05, 0.1) is 7.11 Å². The molecule has 0 aliphatic heterocycles. The molecule has 0 fully saturated rings. The van der Waals surface area contributed by atoms with E-state index in [1.54, 1.807) is 19.9 Å².